The highest BCUT2D eigenvalue weighted by atomic mass is 16.3. The number of benzene rings is 1. The van der Waals surface area contributed by atoms with Gasteiger partial charge in [-0.15, -0.1) is 0 Å². The molecule has 2 amide bonds. The molecule has 1 aromatic rings. The molecule has 20 heavy (non-hydrogen) atoms. The topological polar surface area (TPSA) is 61.4 Å². The van der Waals surface area contributed by atoms with E-state index in [1.807, 2.05) is 24.3 Å². The molecule has 0 heterocycles. The van der Waals surface area contributed by atoms with Crippen molar-refractivity contribution in [2.45, 2.75) is 44.9 Å². The van der Waals surface area contributed by atoms with Crippen LogP contribution in [0.2, 0.25) is 0 Å². The molecule has 1 aromatic carbocycles. The minimum atomic E-state index is -0.0819. The van der Waals surface area contributed by atoms with Gasteiger partial charge in [0, 0.05) is 12.6 Å². The maximum Gasteiger partial charge on any atom is 0.315 e. The minimum absolute atomic E-state index is 0.00620. The van der Waals surface area contributed by atoms with Crippen LogP contribution in [0.1, 0.15) is 36.8 Å². The zero-order chi connectivity index (χ0) is 13.9. The number of nitrogens with one attached hydrogen (secondary N) is 2. The summed E-state index contributed by atoms with van der Waals surface area (Å²) in [7, 11) is 0. The van der Waals surface area contributed by atoms with Crippen LogP contribution in [0.4, 0.5) is 4.79 Å². The first-order chi connectivity index (χ1) is 9.78. The number of hydrogen-bond acceptors (Lipinski definition) is 2. The number of rotatable bonds is 6. The standard InChI is InChI=1S/C16H22N2O2/c19-10-14-4-2-1-3-13(14)9-17-16(20)18-15(11-5-6-11)12-7-8-12/h1-4,11-12,15,19H,5-10H2,(H2,17,18,20). The van der Waals surface area contributed by atoms with Gasteiger partial charge in [0.2, 0.25) is 0 Å². The molecular formula is C16H22N2O2. The quantitative estimate of drug-likeness (QED) is 0.744. The number of carbonyl (C=O) groups is 1. The van der Waals surface area contributed by atoms with Gasteiger partial charge < -0.3 is 15.7 Å². The van der Waals surface area contributed by atoms with Gasteiger partial charge in [-0.1, -0.05) is 24.3 Å². The first kappa shape index (κ1) is 13.4. The monoisotopic (exact) mass is 274 g/mol. The summed E-state index contributed by atoms with van der Waals surface area (Å²) in [6.07, 6.45) is 5.03. The molecule has 4 heteroatoms. The Bertz CT molecular complexity index is 469. The van der Waals surface area contributed by atoms with E-state index in [2.05, 4.69) is 10.6 Å². The van der Waals surface area contributed by atoms with Crippen molar-refractivity contribution in [2.75, 3.05) is 0 Å². The lowest BCUT2D eigenvalue weighted by Crippen LogP contribution is -2.44. The summed E-state index contributed by atoms with van der Waals surface area (Å²) in [5, 5.41) is 15.3. The number of aliphatic hydroxyl groups is 1. The van der Waals surface area contributed by atoms with Crippen LogP contribution in [-0.2, 0) is 13.2 Å². The van der Waals surface area contributed by atoms with Crippen molar-refractivity contribution in [3.05, 3.63) is 35.4 Å². The van der Waals surface area contributed by atoms with Crippen LogP contribution in [-0.4, -0.2) is 17.2 Å². The normalized spacial score (nSPS) is 18.1. The van der Waals surface area contributed by atoms with Crippen molar-refractivity contribution in [1.82, 2.24) is 10.6 Å². The Labute approximate surface area is 119 Å². The van der Waals surface area contributed by atoms with Gasteiger partial charge in [0.25, 0.3) is 0 Å². The molecule has 0 radical (unpaired) electrons. The van der Waals surface area contributed by atoms with Crippen LogP contribution in [0.3, 0.4) is 0 Å². The lowest BCUT2D eigenvalue weighted by atomic mass is 10.1. The predicted octanol–water partition coefficient (Wildman–Crippen LogP) is 2.17. The van der Waals surface area contributed by atoms with Crippen LogP contribution in [0.25, 0.3) is 0 Å². The van der Waals surface area contributed by atoms with Crippen LogP contribution in [0.5, 0.6) is 0 Å². The summed E-state index contributed by atoms with van der Waals surface area (Å²) in [6.45, 7) is 0.469. The molecule has 0 aliphatic heterocycles. The fourth-order valence-corrected chi connectivity index (χ4v) is 2.79. The zero-order valence-corrected chi connectivity index (χ0v) is 11.6. The first-order valence-corrected chi connectivity index (χ1v) is 7.50. The Morgan fingerprint density at radius 3 is 2.30 bits per heavy atom. The van der Waals surface area contributed by atoms with Crippen molar-refractivity contribution in [1.29, 1.82) is 0 Å². The Balaban J connectivity index is 1.51. The Kier molecular flexibility index (Phi) is 3.92. The second-order valence-electron chi connectivity index (χ2n) is 5.95. The largest absolute Gasteiger partial charge is 0.392 e. The maximum absolute atomic E-state index is 12.0. The van der Waals surface area contributed by atoms with Gasteiger partial charge in [-0.25, -0.2) is 4.79 Å². The third-order valence-corrected chi connectivity index (χ3v) is 4.29. The van der Waals surface area contributed by atoms with Gasteiger partial charge in [0.1, 0.15) is 0 Å². The van der Waals surface area contributed by atoms with Crippen molar-refractivity contribution < 1.29 is 9.90 Å². The van der Waals surface area contributed by atoms with Crippen molar-refractivity contribution >= 4 is 6.03 Å². The van der Waals surface area contributed by atoms with Crippen molar-refractivity contribution in [2.24, 2.45) is 11.8 Å². The predicted molar refractivity (Wildman–Crippen MR) is 77.0 cm³/mol. The third-order valence-electron chi connectivity index (χ3n) is 4.29. The van der Waals surface area contributed by atoms with Crippen molar-refractivity contribution in [3.8, 4) is 0 Å². The van der Waals surface area contributed by atoms with E-state index in [0.717, 1.165) is 11.1 Å². The van der Waals surface area contributed by atoms with E-state index in [-0.39, 0.29) is 12.6 Å². The summed E-state index contributed by atoms with van der Waals surface area (Å²) in [6, 6.07) is 7.93. The van der Waals surface area contributed by atoms with Gasteiger partial charge in [-0.05, 0) is 48.6 Å². The SMILES string of the molecule is O=C(NCc1ccccc1CO)NC(C1CC1)C1CC1. The average molecular weight is 274 g/mol. The lowest BCUT2D eigenvalue weighted by molar-refractivity contribution is 0.232. The van der Waals surface area contributed by atoms with E-state index < -0.39 is 0 Å². The minimum Gasteiger partial charge on any atom is -0.392 e. The number of aliphatic hydroxyl groups excluding tert-OH is 1. The smallest absolute Gasteiger partial charge is 0.315 e. The number of amides is 2. The number of hydrogen-bond donors (Lipinski definition) is 3. The molecule has 3 N–H and O–H groups in total. The highest BCUT2D eigenvalue weighted by Crippen LogP contribution is 2.44. The molecule has 0 atom stereocenters. The Morgan fingerprint density at radius 1 is 1.15 bits per heavy atom. The molecule has 2 saturated carbocycles. The summed E-state index contributed by atoms with van der Waals surface area (Å²) in [5.74, 6) is 1.41. The van der Waals surface area contributed by atoms with E-state index in [1.54, 1.807) is 0 Å². The van der Waals surface area contributed by atoms with Gasteiger partial charge in [0.15, 0.2) is 0 Å². The molecule has 4 nitrogen and oxygen atoms in total. The van der Waals surface area contributed by atoms with E-state index in [4.69, 9.17) is 0 Å². The van der Waals surface area contributed by atoms with Crippen LogP contribution >= 0.6 is 0 Å². The van der Waals surface area contributed by atoms with Crippen LogP contribution in [0, 0.1) is 11.8 Å². The molecule has 2 fully saturated rings. The molecule has 0 saturated heterocycles. The van der Waals surface area contributed by atoms with E-state index in [0.29, 0.717) is 24.4 Å². The Morgan fingerprint density at radius 2 is 1.75 bits per heavy atom. The average Bonchev–Trinajstić information content (AvgIpc) is 3.35. The molecule has 3 rings (SSSR count). The molecular weight excluding hydrogens is 252 g/mol. The molecule has 0 unspecified atom stereocenters. The highest BCUT2D eigenvalue weighted by molar-refractivity contribution is 5.74. The summed E-state index contributed by atoms with van der Waals surface area (Å²) in [4.78, 5) is 12.0. The van der Waals surface area contributed by atoms with Gasteiger partial charge in [0.05, 0.1) is 6.61 Å². The van der Waals surface area contributed by atoms with Gasteiger partial charge in [-0.2, -0.15) is 0 Å². The summed E-state index contributed by atoms with van der Waals surface area (Å²) < 4.78 is 0. The zero-order valence-electron chi connectivity index (χ0n) is 11.6. The fourth-order valence-electron chi connectivity index (χ4n) is 2.79. The second kappa shape index (κ2) is 5.83. The van der Waals surface area contributed by atoms with Crippen LogP contribution < -0.4 is 10.6 Å². The van der Waals surface area contributed by atoms with E-state index in [9.17, 15) is 9.90 Å². The second-order valence-corrected chi connectivity index (χ2v) is 5.95. The van der Waals surface area contributed by atoms with E-state index in [1.165, 1.54) is 25.7 Å². The fraction of sp³-hybridized carbons (Fsp3) is 0.562. The highest BCUT2D eigenvalue weighted by Gasteiger charge is 2.42. The first-order valence-electron chi connectivity index (χ1n) is 7.50. The van der Waals surface area contributed by atoms with Crippen LogP contribution in [0.15, 0.2) is 24.3 Å². The van der Waals surface area contributed by atoms with Crippen molar-refractivity contribution in [3.63, 3.8) is 0 Å². The number of carbonyl (C=O) groups excluding carboxylic acids is 1. The third kappa shape index (κ3) is 3.31. The molecule has 2 aliphatic rings. The maximum atomic E-state index is 12.0. The molecule has 2 aliphatic carbocycles. The lowest BCUT2D eigenvalue weighted by Gasteiger charge is -2.18. The van der Waals surface area contributed by atoms with Gasteiger partial charge in [-0.3, -0.25) is 0 Å². The molecule has 0 bridgehead atoms. The molecule has 0 spiro atoms. The van der Waals surface area contributed by atoms with E-state index >= 15 is 0 Å². The number of urea groups is 1. The summed E-state index contributed by atoms with van der Waals surface area (Å²) in [5.41, 5.74) is 1.84. The summed E-state index contributed by atoms with van der Waals surface area (Å²) >= 11 is 0. The molecule has 108 valence electrons. The Hall–Kier alpha value is -1.55. The molecule has 0 aromatic heterocycles. The van der Waals surface area contributed by atoms with Gasteiger partial charge >= 0.3 is 6.03 Å².